The van der Waals surface area contributed by atoms with Gasteiger partial charge in [-0.2, -0.15) is 0 Å². The second-order valence-corrected chi connectivity index (χ2v) is 13.3. The van der Waals surface area contributed by atoms with Gasteiger partial charge in [-0.05, 0) is 49.9 Å². The van der Waals surface area contributed by atoms with Gasteiger partial charge in [0.1, 0.15) is 24.6 Å². The maximum absolute atomic E-state index is 13.1. The van der Waals surface area contributed by atoms with Crippen molar-refractivity contribution in [1.82, 2.24) is 16.0 Å². The first-order valence-corrected chi connectivity index (χ1v) is 17.2. The number of hydrogen-bond acceptors (Lipinski definition) is 12. The Balaban J connectivity index is 1.57. The van der Waals surface area contributed by atoms with Crippen LogP contribution >= 0.6 is 0 Å². The first-order valence-electron chi connectivity index (χ1n) is 17.2. The Labute approximate surface area is 296 Å². The summed E-state index contributed by atoms with van der Waals surface area (Å²) in [6, 6.07) is 1.44. The van der Waals surface area contributed by atoms with Crippen molar-refractivity contribution in [1.29, 1.82) is 0 Å². The molecule has 1 aromatic carbocycles. The third kappa shape index (κ3) is 10.9. The van der Waals surface area contributed by atoms with Crippen LogP contribution in [0.1, 0.15) is 54.1 Å². The SMILES string of the molecule is CC(=O)N[C@H]1[C@H]2O[C@](C(=O)O)(C/C=C/COC[C@H](NC(=O)C3CCCOC3)COCCOc3c(C)cc(cc3C)C(=O)NC[C@@H](O)[C@H]2O)C[C@@H]1O. The van der Waals surface area contributed by atoms with Gasteiger partial charge in [0.25, 0.3) is 5.91 Å². The summed E-state index contributed by atoms with van der Waals surface area (Å²) in [4.78, 5) is 50.7. The Bertz CT molecular complexity index is 1380. The maximum atomic E-state index is 13.1. The van der Waals surface area contributed by atoms with E-state index in [9.17, 15) is 39.6 Å². The lowest BCUT2D eigenvalue weighted by atomic mass is 9.81. The number of carboxylic acids is 1. The number of nitrogens with one attached hydrogen (secondary N) is 3. The Morgan fingerprint density at radius 1 is 0.922 bits per heavy atom. The van der Waals surface area contributed by atoms with E-state index in [0.29, 0.717) is 36.5 Å². The summed E-state index contributed by atoms with van der Waals surface area (Å²) in [5.41, 5.74) is -0.434. The van der Waals surface area contributed by atoms with E-state index in [0.717, 1.165) is 6.42 Å². The molecule has 1 aromatic rings. The van der Waals surface area contributed by atoms with Gasteiger partial charge in [0, 0.05) is 38.5 Å². The molecule has 4 aliphatic heterocycles. The number of aliphatic carboxylic acids is 1. The molecular formula is C35H51N3O13. The molecule has 284 valence electrons. The van der Waals surface area contributed by atoms with E-state index in [-0.39, 0.29) is 56.8 Å². The van der Waals surface area contributed by atoms with Crippen molar-refractivity contribution >= 4 is 23.7 Å². The molecule has 2 fully saturated rings. The highest BCUT2D eigenvalue weighted by molar-refractivity contribution is 5.95. The molecule has 4 bridgehead atoms. The molecule has 0 spiro atoms. The highest BCUT2D eigenvalue weighted by Crippen LogP contribution is 2.35. The molecule has 16 heteroatoms. The predicted molar refractivity (Wildman–Crippen MR) is 180 cm³/mol. The first-order chi connectivity index (χ1) is 24.3. The number of benzene rings is 1. The third-order valence-corrected chi connectivity index (χ3v) is 9.17. The average Bonchev–Trinajstić information content (AvgIpc) is 3.09. The van der Waals surface area contributed by atoms with Gasteiger partial charge in [0.15, 0.2) is 5.60 Å². The molecule has 0 aliphatic carbocycles. The monoisotopic (exact) mass is 721 g/mol. The fourth-order valence-electron chi connectivity index (χ4n) is 6.51. The number of carbonyl (C=O) groups excluding carboxylic acids is 3. The van der Waals surface area contributed by atoms with E-state index in [2.05, 4.69) is 16.0 Å². The quantitative estimate of drug-likeness (QED) is 0.195. The van der Waals surface area contributed by atoms with Crippen LogP contribution in [0.5, 0.6) is 5.75 Å². The van der Waals surface area contributed by atoms with Crippen molar-refractivity contribution in [3.8, 4) is 5.75 Å². The van der Waals surface area contributed by atoms with Gasteiger partial charge in [-0.25, -0.2) is 4.79 Å². The molecule has 0 radical (unpaired) electrons. The highest BCUT2D eigenvalue weighted by Gasteiger charge is 2.54. The number of amides is 3. The van der Waals surface area contributed by atoms with Crippen molar-refractivity contribution in [2.24, 2.45) is 5.92 Å². The van der Waals surface area contributed by atoms with E-state index in [1.807, 2.05) is 0 Å². The fourth-order valence-corrected chi connectivity index (χ4v) is 6.51. The number of carbonyl (C=O) groups is 4. The van der Waals surface area contributed by atoms with Gasteiger partial charge >= 0.3 is 5.97 Å². The Morgan fingerprint density at radius 3 is 2.29 bits per heavy atom. The molecule has 51 heavy (non-hydrogen) atoms. The first kappa shape index (κ1) is 40.1. The van der Waals surface area contributed by atoms with E-state index in [4.69, 9.17) is 23.7 Å². The van der Waals surface area contributed by atoms with E-state index in [1.54, 1.807) is 32.1 Å². The lowest BCUT2D eigenvalue weighted by molar-refractivity contribution is -0.226. The second kappa shape index (κ2) is 18.7. The molecule has 1 unspecified atom stereocenters. The molecule has 4 aliphatic rings. The van der Waals surface area contributed by atoms with Crippen LogP contribution < -0.4 is 20.7 Å². The zero-order valence-corrected chi connectivity index (χ0v) is 29.3. The molecule has 7 N–H and O–H groups in total. The number of aliphatic hydroxyl groups is 3. The lowest BCUT2D eigenvalue weighted by Crippen LogP contribution is -2.67. The van der Waals surface area contributed by atoms with Gasteiger partial charge in [0.05, 0.1) is 63.2 Å². The predicted octanol–water partition coefficient (Wildman–Crippen LogP) is -0.484. The van der Waals surface area contributed by atoms with Crippen molar-refractivity contribution in [3.05, 3.63) is 41.0 Å². The summed E-state index contributed by atoms with van der Waals surface area (Å²) >= 11 is 0. The molecule has 2 saturated heterocycles. The van der Waals surface area contributed by atoms with Gasteiger partial charge < -0.3 is 60.1 Å². The lowest BCUT2D eigenvalue weighted by Gasteiger charge is -2.47. The van der Waals surface area contributed by atoms with Gasteiger partial charge in [-0.3, -0.25) is 14.4 Å². The topological polar surface area (TPSA) is 231 Å². The number of carboxylic acid groups (broad SMARTS) is 1. The normalized spacial score (nSPS) is 32.4. The number of aliphatic hydroxyl groups excluding tert-OH is 3. The largest absolute Gasteiger partial charge is 0.491 e. The molecule has 8 atom stereocenters. The van der Waals surface area contributed by atoms with Crippen molar-refractivity contribution in [2.45, 2.75) is 88.6 Å². The van der Waals surface area contributed by atoms with E-state index in [1.165, 1.54) is 13.0 Å². The number of fused-ring (bicyclic) bond motifs is 16. The van der Waals surface area contributed by atoms with Crippen LogP contribution in [0.15, 0.2) is 24.3 Å². The Morgan fingerprint density at radius 2 is 1.63 bits per heavy atom. The standard InChI is InChI=1S/C35H51N3O13/c1-20-13-24-14-21(2)30(20)50-12-11-49-19-25(38-33(44)23-7-6-10-47-17-23)18-48-9-5-4-8-35(34(45)46)15-26(40)28(37-22(3)39)31(51-35)29(42)27(41)16-36-32(24)43/h4-5,13-14,23,25-29,31,40-42H,6-12,15-19H2,1-3H3,(H,36,43)(H,37,39)(H,38,44)(H,45,46)/b5-4+/t23?,25-,26-,27+,28+,29+,31+,35+/m0/s1. The molecule has 0 saturated carbocycles. The molecule has 0 aromatic heterocycles. The van der Waals surface area contributed by atoms with Crippen LogP contribution in [0.2, 0.25) is 0 Å². The van der Waals surface area contributed by atoms with Crippen molar-refractivity contribution in [3.63, 3.8) is 0 Å². The van der Waals surface area contributed by atoms with Crippen LogP contribution in [-0.4, -0.2) is 139 Å². The molecule has 16 nitrogen and oxygen atoms in total. The number of ether oxygens (including phenoxy) is 5. The van der Waals surface area contributed by atoms with E-state index < -0.39 is 72.8 Å². The van der Waals surface area contributed by atoms with Crippen molar-refractivity contribution in [2.75, 3.05) is 52.8 Å². The fraction of sp³-hybridized carbons (Fsp3) is 0.657. The molecule has 4 heterocycles. The zero-order valence-electron chi connectivity index (χ0n) is 29.3. The minimum Gasteiger partial charge on any atom is -0.491 e. The smallest absolute Gasteiger partial charge is 0.336 e. The minimum atomic E-state index is -2.04. The highest BCUT2D eigenvalue weighted by atomic mass is 16.6. The summed E-state index contributed by atoms with van der Waals surface area (Å²) in [6.45, 7) is 5.87. The minimum absolute atomic E-state index is 0.0355. The zero-order chi connectivity index (χ0) is 37.1. The number of aryl methyl sites for hydroxylation is 2. The maximum Gasteiger partial charge on any atom is 0.336 e. The Kier molecular flexibility index (Phi) is 14.7. The van der Waals surface area contributed by atoms with Gasteiger partial charge in [-0.1, -0.05) is 12.2 Å². The number of rotatable bonds is 4. The Hall–Kier alpha value is -3.64. The average molecular weight is 722 g/mol. The second-order valence-electron chi connectivity index (χ2n) is 13.3. The summed E-state index contributed by atoms with van der Waals surface area (Å²) in [5.74, 6) is -2.45. The summed E-state index contributed by atoms with van der Waals surface area (Å²) in [7, 11) is 0. The van der Waals surface area contributed by atoms with Crippen LogP contribution in [0.3, 0.4) is 0 Å². The van der Waals surface area contributed by atoms with Crippen LogP contribution in [0.25, 0.3) is 0 Å². The van der Waals surface area contributed by atoms with Gasteiger partial charge in [0.2, 0.25) is 11.8 Å². The van der Waals surface area contributed by atoms with E-state index >= 15 is 0 Å². The van der Waals surface area contributed by atoms with Crippen LogP contribution in [-0.2, 0) is 33.3 Å². The molecule has 3 amide bonds. The van der Waals surface area contributed by atoms with Crippen LogP contribution in [0, 0.1) is 19.8 Å². The van der Waals surface area contributed by atoms with Gasteiger partial charge in [-0.15, -0.1) is 0 Å². The number of hydrogen-bond donors (Lipinski definition) is 7. The molecular weight excluding hydrogens is 670 g/mol. The summed E-state index contributed by atoms with van der Waals surface area (Å²) in [6.07, 6.45) is -2.71. The van der Waals surface area contributed by atoms with Crippen molar-refractivity contribution < 1.29 is 63.3 Å². The van der Waals surface area contributed by atoms with Crippen LogP contribution in [0.4, 0.5) is 0 Å². The summed E-state index contributed by atoms with van der Waals surface area (Å²) < 4.78 is 29.0. The summed E-state index contributed by atoms with van der Waals surface area (Å²) in [5, 5.41) is 51.5. The molecule has 5 rings (SSSR count). The third-order valence-electron chi connectivity index (χ3n) is 9.17.